The van der Waals surface area contributed by atoms with Gasteiger partial charge in [-0.2, -0.15) is 0 Å². The van der Waals surface area contributed by atoms with Gasteiger partial charge in [-0.3, -0.25) is 14.6 Å². The van der Waals surface area contributed by atoms with Crippen molar-refractivity contribution in [2.75, 3.05) is 36.5 Å². The Kier molecular flexibility index (Phi) is 6.95. The number of nitrogens with one attached hydrogen (secondary N) is 2. The van der Waals surface area contributed by atoms with E-state index in [2.05, 4.69) is 25.5 Å². The third-order valence-electron chi connectivity index (χ3n) is 4.82. The molecule has 31 heavy (non-hydrogen) atoms. The van der Waals surface area contributed by atoms with Gasteiger partial charge in [0.2, 0.25) is 11.9 Å². The van der Waals surface area contributed by atoms with Gasteiger partial charge in [0.15, 0.2) is 4.34 Å². The van der Waals surface area contributed by atoms with E-state index < -0.39 is 0 Å². The lowest BCUT2D eigenvalue weighted by Crippen LogP contribution is -2.38. The normalized spacial score (nSPS) is 13.9. The highest BCUT2D eigenvalue weighted by Gasteiger charge is 2.17. The molecule has 1 saturated heterocycles. The molecule has 162 valence electrons. The number of ether oxygens (including phenoxy) is 1. The molecule has 0 spiro atoms. The van der Waals surface area contributed by atoms with Crippen molar-refractivity contribution in [3.8, 4) is 0 Å². The minimum absolute atomic E-state index is 0.165. The molecule has 2 N–H and O–H groups in total. The second kappa shape index (κ2) is 10.0. The van der Waals surface area contributed by atoms with Gasteiger partial charge in [-0.15, -0.1) is 10.2 Å². The van der Waals surface area contributed by atoms with E-state index in [0.29, 0.717) is 55.6 Å². The van der Waals surface area contributed by atoms with Gasteiger partial charge >= 0.3 is 0 Å². The van der Waals surface area contributed by atoms with Crippen LogP contribution in [0.3, 0.4) is 0 Å². The van der Waals surface area contributed by atoms with Crippen molar-refractivity contribution in [3.05, 3.63) is 51.4 Å². The first-order valence-electron chi connectivity index (χ1n) is 9.85. The van der Waals surface area contributed by atoms with E-state index in [0.717, 1.165) is 9.24 Å². The number of rotatable bonds is 7. The fraction of sp³-hybridized carbons (Fsp3) is 0.350. The summed E-state index contributed by atoms with van der Waals surface area (Å²) in [5, 5.41) is 10.8. The number of benzene rings is 1. The van der Waals surface area contributed by atoms with E-state index in [1.807, 2.05) is 29.2 Å². The van der Waals surface area contributed by atoms with E-state index in [4.69, 9.17) is 4.74 Å². The van der Waals surface area contributed by atoms with Crippen molar-refractivity contribution < 1.29 is 9.53 Å². The number of morpholine rings is 1. The highest BCUT2D eigenvalue weighted by molar-refractivity contribution is 8.01. The molecular weight excluding hydrogens is 436 g/mol. The molecule has 1 aromatic carbocycles. The predicted molar refractivity (Wildman–Crippen MR) is 120 cm³/mol. The Morgan fingerprint density at radius 3 is 2.87 bits per heavy atom. The maximum absolute atomic E-state index is 12.6. The van der Waals surface area contributed by atoms with E-state index in [1.165, 1.54) is 23.1 Å². The standard InChI is InChI=1S/C20H22N6O3S2/c1-13-14(18(28)24-19(22-13)26-8-10-29-11-9-26)6-7-17(27)23-15-4-2-3-5-16(15)31-20-25-21-12-30-20/h2-5,12H,6-11H2,1H3,(H,23,27)(H,22,24,28). The van der Waals surface area contributed by atoms with Gasteiger partial charge in [-0.05, 0) is 25.5 Å². The molecule has 1 amide bonds. The van der Waals surface area contributed by atoms with Crippen LogP contribution in [0.1, 0.15) is 17.7 Å². The summed E-state index contributed by atoms with van der Waals surface area (Å²) >= 11 is 2.89. The number of carbonyl (C=O) groups is 1. The average Bonchev–Trinajstić information content (AvgIpc) is 3.28. The highest BCUT2D eigenvalue weighted by Crippen LogP contribution is 2.33. The van der Waals surface area contributed by atoms with Crippen LogP contribution in [-0.4, -0.2) is 52.4 Å². The molecule has 1 aliphatic rings. The Labute approximate surface area is 187 Å². The number of aryl methyl sites for hydroxylation is 1. The highest BCUT2D eigenvalue weighted by atomic mass is 32.2. The molecule has 9 nitrogen and oxygen atoms in total. The Balaban J connectivity index is 1.40. The third-order valence-corrected chi connectivity index (χ3v) is 6.67. The first kappa shape index (κ1) is 21.5. The van der Waals surface area contributed by atoms with Crippen molar-refractivity contribution in [3.63, 3.8) is 0 Å². The number of hydrogen-bond donors (Lipinski definition) is 2. The summed E-state index contributed by atoms with van der Waals surface area (Å²) in [5.74, 6) is 0.392. The maximum Gasteiger partial charge on any atom is 0.255 e. The van der Waals surface area contributed by atoms with Crippen LogP contribution >= 0.6 is 23.1 Å². The Bertz CT molecular complexity index is 1100. The van der Waals surface area contributed by atoms with E-state index in [-0.39, 0.29) is 17.9 Å². The topological polar surface area (TPSA) is 113 Å². The van der Waals surface area contributed by atoms with Gasteiger partial charge in [0, 0.05) is 35.7 Å². The number of aromatic amines is 1. The zero-order chi connectivity index (χ0) is 21.6. The van der Waals surface area contributed by atoms with Crippen molar-refractivity contribution in [1.82, 2.24) is 20.2 Å². The summed E-state index contributed by atoms with van der Waals surface area (Å²) in [6, 6.07) is 7.54. The SMILES string of the molecule is Cc1nc(N2CCOCC2)[nH]c(=O)c1CCC(=O)Nc1ccccc1Sc1nncs1. The van der Waals surface area contributed by atoms with Crippen molar-refractivity contribution in [2.24, 2.45) is 0 Å². The minimum atomic E-state index is -0.200. The second-order valence-corrected chi connectivity index (χ2v) is 9.03. The van der Waals surface area contributed by atoms with Gasteiger partial charge in [0.05, 0.1) is 18.9 Å². The number of nitrogens with zero attached hydrogens (tertiary/aromatic N) is 4. The van der Waals surface area contributed by atoms with Crippen LogP contribution in [-0.2, 0) is 16.0 Å². The lowest BCUT2D eigenvalue weighted by atomic mass is 10.1. The van der Waals surface area contributed by atoms with Crippen molar-refractivity contribution in [1.29, 1.82) is 0 Å². The van der Waals surface area contributed by atoms with Crippen molar-refractivity contribution in [2.45, 2.75) is 29.0 Å². The summed E-state index contributed by atoms with van der Waals surface area (Å²) in [6.45, 7) is 4.42. The summed E-state index contributed by atoms with van der Waals surface area (Å²) in [5.41, 5.74) is 3.35. The van der Waals surface area contributed by atoms with E-state index in [9.17, 15) is 9.59 Å². The van der Waals surface area contributed by atoms with Crippen LogP contribution < -0.4 is 15.8 Å². The molecule has 0 saturated carbocycles. The number of aromatic nitrogens is 4. The molecule has 3 aromatic rings. The number of carbonyl (C=O) groups excluding carboxylic acids is 1. The van der Waals surface area contributed by atoms with Crippen LogP contribution in [0.5, 0.6) is 0 Å². The molecule has 0 unspecified atom stereocenters. The van der Waals surface area contributed by atoms with Gasteiger partial charge in [0.25, 0.3) is 5.56 Å². The molecule has 2 aromatic heterocycles. The fourth-order valence-corrected chi connectivity index (χ4v) is 4.75. The fourth-order valence-electron chi connectivity index (χ4n) is 3.23. The molecule has 4 rings (SSSR count). The van der Waals surface area contributed by atoms with E-state index in [1.54, 1.807) is 12.4 Å². The Morgan fingerprint density at radius 1 is 1.32 bits per heavy atom. The van der Waals surface area contributed by atoms with Crippen molar-refractivity contribution >= 4 is 40.6 Å². The van der Waals surface area contributed by atoms with Gasteiger partial charge in [0.1, 0.15) is 5.51 Å². The molecule has 11 heteroatoms. The number of anilines is 2. The molecule has 0 bridgehead atoms. The smallest absolute Gasteiger partial charge is 0.255 e. The maximum atomic E-state index is 12.6. The Morgan fingerprint density at radius 2 is 2.13 bits per heavy atom. The molecular formula is C20H22N6O3S2. The molecule has 0 radical (unpaired) electrons. The average molecular weight is 459 g/mol. The number of para-hydroxylation sites is 1. The van der Waals surface area contributed by atoms with Gasteiger partial charge in [-0.25, -0.2) is 4.98 Å². The summed E-state index contributed by atoms with van der Waals surface area (Å²) < 4.78 is 6.14. The lowest BCUT2D eigenvalue weighted by molar-refractivity contribution is -0.116. The zero-order valence-electron chi connectivity index (χ0n) is 17.0. The first-order chi connectivity index (χ1) is 15.1. The second-order valence-electron chi connectivity index (χ2n) is 6.90. The van der Waals surface area contributed by atoms with Crippen LogP contribution in [0.4, 0.5) is 11.6 Å². The zero-order valence-corrected chi connectivity index (χ0v) is 18.6. The quantitative estimate of drug-likeness (QED) is 0.555. The number of hydrogen-bond acceptors (Lipinski definition) is 9. The minimum Gasteiger partial charge on any atom is -0.378 e. The number of amides is 1. The Hall–Kier alpha value is -2.76. The monoisotopic (exact) mass is 458 g/mol. The van der Waals surface area contributed by atoms with Gasteiger partial charge < -0.3 is 15.0 Å². The van der Waals surface area contributed by atoms with Gasteiger partial charge in [-0.1, -0.05) is 35.2 Å². The third kappa shape index (κ3) is 5.49. The van der Waals surface area contributed by atoms with E-state index >= 15 is 0 Å². The van der Waals surface area contributed by atoms with Crippen LogP contribution in [0.25, 0.3) is 0 Å². The molecule has 0 atom stereocenters. The van der Waals surface area contributed by atoms with Crippen LogP contribution in [0.15, 0.2) is 43.8 Å². The largest absolute Gasteiger partial charge is 0.378 e. The van der Waals surface area contributed by atoms with Crippen LogP contribution in [0.2, 0.25) is 0 Å². The predicted octanol–water partition coefficient (Wildman–Crippen LogP) is 2.49. The number of H-pyrrole nitrogens is 1. The molecule has 1 aliphatic heterocycles. The molecule has 3 heterocycles. The summed E-state index contributed by atoms with van der Waals surface area (Å²) in [6.07, 6.45) is 0.495. The lowest BCUT2D eigenvalue weighted by Gasteiger charge is -2.27. The molecule has 1 fully saturated rings. The molecule has 0 aliphatic carbocycles. The summed E-state index contributed by atoms with van der Waals surface area (Å²) in [7, 11) is 0. The summed E-state index contributed by atoms with van der Waals surface area (Å²) in [4.78, 5) is 35.5. The first-order valence-corrected chi connectivity index (χ1v) is 11.5. The van der Waals surface area contributed by atoms with Crippen LogP contribution in [0, 0.1) is 6.92 Å².